The van der Waals surface area contributed by atoms with Crippen LogP contribution in [0.5, 0.6) is 5.75 Å². The number of nitrogen functional groups attached to an aromatic ring is 1. The molecule has 0 aromatic heterocycles. The van der Waals surface area contributed by atoms with Gasteiger partial charge in [0.15, 0.2) is 0 Å². The van der Waals surface area contributed by atoms with Gasteiger partial charge < -0.3 is 10.5 Å². The van der Waals surface area contributed by atoms with Crippen LogP contribution in [-0.2, 0) is 10.0 Å². The molecule has 1 aromatic carbocycles. The number of ether oxygens (including phenoxy) is 1. The quantitative estimate of drug-likeness (QED) is 0.823. The van der Waals surface area contributed by atoms with Crippen LogP contribution in [0.15, 0.2) is 23.1 Å². The molecule has 1 aliphatic rings. The minimum Gasteiger partial charge on any atom is -0.495 e. The van der Waals surface area contributed by atoms with Crippen molar-refractivity contribution in [2.24, 2.45) is 0 Å². The van der Waals surface area contributed by atoms with E-state index in [0.717, 1.165) is 24.3 Å². The molecule has 0 saturated carbocycles. The van der Waals surface area contributed by atoms with Crippen LogP contribution in [0.1, 0.15) is 12.8 Å². The van der Waals surface area contributed by atoms with Crippen molar-refractivity contribution in [2.75, 3.05) is 24.3 Å². The van der Waals surface area contributed by atoms with Crippen molar-refractivity contribution >= 4 is 27.5 Å². The van der Waals surface area contributed by atoms with Crippen LogP contribution in [0.2, 0.25) is 0 Å². The number of anilines is 1. The van der Waals surface area contributed by atoms with Gasteiger partial charge in [0, 0.05) is 11.8 Å². The zero-order valence-corrected chi connectivity index (χ0v) is 12.4. The Bertz CT molecular complexity index is 540. The van der Waals surface area contributed by atoms with Crippen molar-refractivity contribution in [3.63, 3.8) is 0 Å². The summed E-state index contributed by atoms with van der Waals surface area (Å²) in [6, 6.07) is 4.51. The summed E-state index contributed by atoms with van der Waals surface area (Å²) in [6.07, 6.45) is 1.93. The van der Waals surface area contributed by atoms with Gasteiger partial charge in [-0.1, -0.05) is 0 Å². The maximum absolute atomic E-state index is 12.2. The van der Waals surface area contributed by atoms with Crippen LogP contribution in [0.25, 0.3) is 0 Å². The molecule has 0 spiro atoms. The Morgan fingerprint density at radius 1 is 1.47 bits per heavy atom. The van der Waals surface area contributed by atoms with Crippen molar-refractivity contribution < 1.29 is 13.2 Å². The number of rotatable bonds is 4. The van der Waals surface area contributed by atoms with Crippen LogP contribution >= 0.6 is 11.8 Å². The highest BCUT2D eigenvalue weighted by Crippen LogP contribution is 2.25. The lowest BCUT2D eigenvalue weighted by Crippen LogP contribution is -2.38. The Kier molecular flexibility index (Phi) is 4.59. The topological polar surface area (TPSA) is 81.4 Å². The first-order valence-corrected chi connectivity index (χ1v) is 8.70. The van der Waals surface area contributed by atoms with Crippen LogP contribution in [0, 0.1) is 0 Å². The van der Waals surface area contributed by atoms with Crippen LogP contribution in [0.3, 0.4) is 0 Å². The Morgan fingerprint density at radius 2 is 2.26 bits per heavy atom. The summed E-state index contributed by atoms with van der Waals surface area (Å²) in [5.74, 6) is 2.41. The molecule has 5 nitrogen and oxygen atoms in total. The van der Waals surface area contributed by atoms with E-state index < -0.39 is 10.0 Å². The van der Waals surface area contributed by atoms with Gasteiger partial charge in [0.05, 0.1) is 17.7 Å². The number of thioether (sulfide) groups is 1. The Balaban J connectivity index is 2.16. The standard InChI is InChI=1S/C12H18N2O3S2/c1-17-12-5-4-10(7-11(12)13)19(15,16)14-9-3-2-6-18-8-9/h4-5,7,9,14H,2-3,6,8,13H2,1H3. The summed E-state index contributed by atoms with van der Waals surface area (Å²) in [5, 5.41) is 0. The molecule has 0 amide bonds. The fourth-order valence-corrected chi connectivity index (χ4v) is 4.48. The van der Waals surface area contributed by atoms with Crippen LogP contribution < -0.4 is 15.2 Å². The van der Waals surface area contributed by atoms with Crippen LogP contribution in [-0.4, -0.2) is 33.1 Å². The van der Waals surface area contributed by atoms with Crippen molar-refractivity contribution in [1.29, 1.82) is 0 Å². The third-order valence-electron chi connectivity index (χ3n) is 2.99. The van der Waals surface area contributed by atoms with Crippen molar-refractivity contribution in [1.82, 2.24) is 4.72 Å². The SMILES string of the molecule is COc1ccc(S(=O)(=O)NC2CCCSC2)cc1N. The molecule has 1 atom stereocenters. The van der Waals surface area contributed by atoms with E-state index in [0.29, 0.717) is 11.4 Å². The lowest BCUT2D eigenvalue weighted by atomic mass is 10.2. The number of nitrogens with two attached hydrogens (primary N) is 1. The van der Waals surface area contributed by atoms with Gasteiger partial charge in [0.1, 0.15) is 5.75 Å². The van der Waals surface area contributed by atoms with Gasteiger partial charge >= 0.3 is 0 Å². The predicted octanol–water partition coefficient (Wildman–Crippen LogP) is 1.45. The predicted molar refractivity (Wildman–Crippen MR) is 78.1 cm³/mol. The van der Waals surface area contributed by atoms with Crippen molar-refractivity contribution in [2.45, 2.75) is 23.8 Å². The molecule has 1 aromatic rings. The molecule has 106 valence electrons. The molecular formula is C12H18N2O3S2. The number of sulfonamides is 1. The number of hydrogen-bond acceptors (Lipinski definition) is 5. The van der Waals surface area contributed by atoms with E-state index in [1.165, 1.54) is 19.2 Å². The first-order chi connectivity index (χ1) is 9.03. The van der Waals surface area contributed by atoms with Crippen molar-refractivity contribution in [3.8, 4) is 5.75 Å². The van der Waals surface area contributed by atoms with E-state index in [4.69, 9.17) is 10.5 Å². The zero-order valence-electron chi connectivity index (χ0n) is 10.8. The molecule has 1 aliphatic heterocycles. The van der Waals surface area contributed by atoms with E-state index in [2.05, 4.69) is 4.72 Å². The van der Waals surface area contributed by atoms with Gasteiger partial charge in [-0.3, -0.25) is 0 Å². The van der Waals surface area contributed by atoms with Gasteiger partial charge in [-0.2, -0.15) is 11.8 Å². The van der Waals surface area contributed by atoms with Gasteiger partial charge in [-0.25, -0.2) is 13.1 Å². The fourth-order valence-electron chi connectivity index (χ4n) is 2.00. The van der Waals surface area contributed by atoms with Gasteiger partial charge in [-0.15, -0.1) is 0 Å². The van der Waals surface area contributed by atoms with E-state index in [1.807, 2.05) is 0 Å². The smallest absolute Gasteiger partial charge is 0.240 e. The largest absolute Gasteiger partial charge is 0.495 e. The lowest BCUT2D eigenvalue weighted by molar-refractivity contribution is 0.416. The van der Waals surface area contributed by atoms with E-state index in [1.54, 1.807) is 17.8 Å². The average Bonchev–Trinajstić information content (AvgIpc) is 2.39. The molecule has 0 aliphatic carbocycles. The summed E-state index contributed by atoms with van der Waals surface area (Å²) in [7, 11) is -2.01. The molecule has 3 N–H and O–H groups in total. The number of benzene rings is 1. The number of methoxy groups -OCH3 is 1. The first kappa shape index (κ1) is 14.5. The molecule has 19 heavy (non-hydrogen) atoms. The van der Waals surface area contributed by atoms with E-state index in [-0.39, 0.29) is 10.9 Å². The molecular weight excluding hydrogens is 284 g/mol. The third kappa shape index (κ3) is 3.55. The highest BCUT2D eigenvalue weighted by atomic mass is 32.2. The molecule has 7 heteroatoms. The summed E-state index contributed by atoms with van der Waals surface area (Å²) < 4.78 is 32.2. The summed E-state index contributed by atoms with van der Waals surface area (Å²) in [5.41, 5.74) is 6.06. The second kappa shape index (κ2) is 6.02. The van der Waals surface area contributed by atoms with Gasteiger partial charge in [-0.05, 0) is 36.8 Å². The summed E-state index contributed by atoms with van der Waals surface area (Å²) >= 11 is 1.78. The Labute approximate surface area is 118 Å². The minimum atomic E-state index is -3.51. The fraction of sp³-hybridized carbons (Fsp3) is 0.500. The molecule has 1 saturated heterocycles. The minimum absolute atomic E-state index is 0.00655. The van der Waals surface area contributed by atoms with E-state index >= 15 is 0 Å². The average molecular weight is 302 g/mol. The molecule has 1 fully saturated rings. The second-order valence-electron chi connectivity index (χ2n) is 4.44. The number of hydrogen-bond donors (Lipinski definition) is 2. The lowest BCUT2D eigenvalue weighted by Gasteiger charge is -2.22. The van der Waals surface area contributed by atoms with Crippen molar-refractivity contribution in [3.05, 3.63) is 18.2 Å². The molecule has 0 bridgehead atoms. The maximum atomic E-state index is 12.2. The first-order valence-electron chi connectivity index (χ1n) is 6.06. The van der Waals surface area contributed by atoms with Crippen LogP contribution in [0.4, 0.5) is 5.69 Å². The molecule has 1 unspecified atom stereocenters. The third-order valence-corrected chi connectivity index (χ3v) is 5.73. The summed E-state index contributed by atoms with van der Waals surface area (Å²) in [6.45, 7) is 0. The summed E-state index contributed by atoms with van der Waals surface area (Å²) in [4.78, 5) is 0.182. The van der Waals surface area contributed by atoms with Gasteiger partial charge in [0.25, 0.3) is 0 Å². The Morgan fingerprint density at radius 3 is 2.84 bits per heavy atom. The van der Waals surface area contributed by atoms with Gasteiger partial charge in [0.2, 0.25) is 10.0 Å². The highest BCUT2D eigenvalue weighted by molar-refractivity contribution is 7.99. The molecule has 0 radical (unpaired) electrons. The molecule has 1 heterocycles. The Hall–Kier alpha value is -0.920. The maximum Gasteiger partial charge on any atom is 0.240 e. The number of nitrogens with one attached hydrogen (secondary N) is 1. The zero-order chi connectivity index (χ0) is 13.9. The van der Waals surface area contributed by atoms with E-state index in [9.17, 15) is 8.42 Å². The second-order valence-corrected chi connectivity index (χ2v) is 7.30. The normalized spacial score (nSPS) is 20.2. The monoisotopic (exact) mass is 302 g/mol. The highest BCUT2D eigenvalue weighted by Gasteiger charge is 2.22. The molecule has 2 rings (SSSR count).